The van der Waals surface area contributed by atoms with Gasteiger partial charge in [-0.25, -0.2) is 0 Å². The van der Waals surface area contributed by atoms with Gasteiger partial charge in [-0.1, -0.05) is 12.1 Å². The van der Waals surface area contributed by atoms with Gasteiger partial charge in [0.1, 0.15) is 5.75 Å². The molecule has 0 radical (unpaired) electrons. The Labute approximate surface area is 83.7 Å². The summed E-state index contributed by atoms with van der Waals surface area (Å²) >= 11 is 0. The zero-order chi connectivity index (χ0) is 9.97. The second kappa shape index (κ2) is 3.98. The van der Waals surface area contributed by atoms with Gasteiger partial charge in [-0.3, -0.25) is 0 Å². The van der Waals surface area contributed by atoms with E-state index in [9.17, 15) is 0 Å². The second-order valence-corrected chi connectivity index (χ2v) is 3.71. The number of rotatable bonds is 3. The van der Waals surface area contributed by atoms with Crippen molar-refractivity contribution in [3.63, 3.8) is 0 Å². The van der Waals surface area contributed by atoms with Crippen molar-refractivity contribution in [2.24, 2.45) is 0 Å². The molecule has 2 N–H and O–H groups in total. The molecule has 0 aliphatic carbocycles. The van der Waals surface area contributed by atoms with Gasteiger partial charge in [0.2, 0.25) is 0 Å². The molecule has 14 heavy (non-hydrogen) atoms. The average Bonchev–Trinajstić information content (AvgIpc) is 2.12. The van der Waals surface area contributed by atoms with Crippen LogP contribution >= 0.6 is 0 Å². The summed E-state index contributed by atoms with van der Waals surface area (Å²) in [5.41, 5.74) is 1.19. The van der Waals surface area contributed by atoms with Crippen molar-refractivity contribution in [2.45, 2.75) is 19.0 Å². The first-order valence-electron chi connectivity index (χ1n) is 4.88. The Morgan fingerprint density at radius 1 is 1.36 bits per heavy atom. The minimum absolute atomic E-state index is 0.310. The van der Waals surface area contributed by atoms with Crippen LogP contribution in [0.15, 0.2) is 24.3 Å². The van der Waals surface area contributed by atoms with Gasteiger partial charge in [0.05, 0.1) is 19.3 Å². The molecular formula is C11H15NO2. The summed E-state index contributed by atoms with van der Waals surface area (Å²) in [7, 11) is 0. The minimum Gasteiger partial charge on any atom is -0.508 e. The van der Waals surface area contributed by atoms with Crippen LogP contribution < -0.4 is 5.32 Å². The molecule has 1 saturated heterocycles. The number of hydrogen-bond acceptors (Lipinski definition) is 3. The molecule has 0 saturated carbocycles. The SMILES string of the molecule is CC(NC1COC1)c1ccc(O)cc1. The molecule has 0 bridgehead atoms. The molecule has 0 aromatic heterocycles. The van der Waals surface area contributed by atoms with Gasteiger partial charge in [0, 0.05) is 6.04 Å². The van der Waals surface area contributed by atoms with Crippen LogP contribution in [0.25, 0.3) is 0 Å². The van der Waals surface area contributed by atoms with Crippen molar-refractivity contribution in [3.05, 3.63) is 29.8 Å². The fourth-order valence-corrected chi connectivity index (χ4v) is 1.54. The Morgan fingerprint density at radius 3 is 2.50 bits per heavy atom. The molecular weight excluding hydrogens is 178 g/mol. The number of benzene rings is 1. The van der Waals surface area contributed by atoms with E-state index in [1.165, 1.54) is 5.56 Å². The monoisotopic (exact) mass is 193 g/mol. The van der Waals surface area contributed by atoms with E-state index in [2.05, 4.69) is 12.2 Å². The first-order chi connectivity index (χ1) is 6.75. The van der Waals surface area contributed by atoms with Crippen molar-refractivity contribution in [2.75, 3.05) is 13.2 Å². The zero-order valence-corrected chi connectivity index (χ0v) is 8.23. The lowest BCUT2D eigenvalue weighted by Crippen LogP contribution is -2.46. The topological polar surface area (TPSA) is 41.5 Å². The van der Waals surface area contributed by atoms with E-state index < -0.39 is 0 Å². The molecule has 2 rings (SSSR count). The van der Waals surface area contributed by atoms with E-state index in [0.29, 0.717) is 17.8 Å². The summed E-state index contributed by atoms with van der Waals surface area (Å²) in [6.07, 6.45) is 0. The third-order valence-corrected chi connectivity index (χ3v) is 2.52. The molecule has 1 aromatic rings. The normalized spacial score (nSPS) is 18.9. The lowest BCUT2D eigenvalue weighted by atomic mass is 10.1. The molecule has 1 fully saturated rings. The molecule has 1 aliphatic heterocycles. The predicted molar refractivity (Wildman–Crippen MR) is 54.3 cm³/mol. The quantitative estimate of drug-likeness (QED) is 0.763. The van der Waals surface area contributed by atoms with Crippen molar-refractivity contribution in [1.29, 1.82) is 0 Å². The summed E-state index contributed by atoms with van der Waals surface area (Å²) in [5, 5.41) is 12.6. The number of aromatic hydroxyl groups is 1. The van der Waals surface area contributed by atoms with Gasteiger partial charge in [0.15, 0.2) is 0 Å². The maximum absolute atomic E-state index is 9.14. The number of nitrogens with one attached hydrogen (secondary N) is 1. The van der Waals surface area contributed by atoms with Crippen LogP contribution in [0, 0.1) is 0 Å². The summed E-state index contributed by atoms with van der Waals surface area (Å²) in [4.78, 5) is 0. The predicted octanol–water partition coefficient (Wildman–Crippen LogP) is 1.44. The Balaban J connectivity index is 1.95. The summed E-state index contributed by atoms with van der Waals surface area (Å²) < 4.78 is 5.09. The van der Waals surface area contributed by atoms with Gasteiger partial charge >= 0.3 is 0 Å². The third-order valence-electron chi connectivity index (χ3n) is 2.52. The first-order valence-corrected chi connectivity index (χ1v) is 4.88. The molecule has 1 aliphatic rings. The minimum atomic E-state index is 0.310. The number of ether oxygens (including phenoxy) is 1. The number of hydrogen-bond donors (Lipinski definition) is 2. The van der Waals surface area contributed by atoms with Gasteiger partial charge in [-0.05, 0) is 24.6 Å². The Hall–Kier alpha value is -1.06. The second-order valence-electron chi connectivity index (χ2n) is 3.71. The highest BCUT2D eigenvalue weighted by atomic mass is 16.5. The van der Waals surface area contributed by atoms with E-state index in [0.717, 1.165) is 13.2 Å². The lowest BCUT2D eigenvalue weighted by Gasteiger charge is -2.30. The largest absolute Gasteiger partial charge is 0.508 e. The van der Waals surface area contributed by atoms with Crippen molar-refractivity contribution in [1.82, 2.24) is 5.32 Å². The molecule has 0 spiro atoms. The van der Waals surface area contributed by atoms with E-state index in [-0.39, 0.29) is 0 Å². The molecule has 3 heteroatoms. The van der Waals surface area contributed by atoms with Crippen LogP contribution in [-0.2, 0) is 4.74 Å². The van der Waals surface area contributed by atoms with Gasteiger partial charge < -0.3 is 15.2 Å². The van der Waals surface area contributed by atoms with Crippen LogP contribution in [0.3, 0.4) is 0 Å². The van der Waals surface area contributed by atoms with Crippen LogP contribution in [0.4, 0.5) is 0 Å². The van der Waals surface area contributed by atoms with Crippen LogP contribution in [0.5, 0.6) is 5.75 Å². The molecule has 76 valence electrons. The molecule has 0 amide bonds. The number of phenols is 1. The fourth-order valence-electron chi connectivity index (χ4n) is 1.54. The van der Waals surface area contributed by atoms with E-state index in [1.54, 1.807) is 12.1 Å². The average molecular weight is 193 g/mol. The van der Waals surface area contributed by atoms with E-state index in [4.69, 9.17) is 9.84 Å². The fraction of sp³-hybridized carbons (Fsp3) is 0.455. The van der Waals surface area contributed by atoms with Crippen LogP contribution in [0.2, 0.25) is 0 Å². The van der Waals surface area contributed by atoms with Crippen LogP contribution in [0.1, 0.15) is 18.5 Å². The highest BCUT2D eigenvalue weighted by molar-refractivity contribution is 5.27. The Morgan fingerprint density at radius 2 is 2.00 bits per heavy atom. The Kier molecular flexibility index (Phi) is 2.70. The van der Waals surface area contributed by atoms with E-state index in [1.807, 2.05) is 12.1 Å². The van der Waals surface area contributed by atoms with E-state index >= 15 is 0 Å². The summed E-state index contributed by atoms with van der Waals surface area (Å²) in [5.74, 6) is 0.313. The zero-order valence-electron chi connectivity index (χ0n) is 8.23. The summed E-state index contributed by atoms with van der Waals surface area (Å²) in [6.45, 7) is 3.73. The summed E-state index contributed by atoms with van der Waals surface area (Å²) in [6, 6.07) is 8.09. The Bertz CT molecular complexity index is 293. The molecule has 1 aromatic carbocycles. The standard InChI is InChI=1S/C11H15NO2/c1-8(12-10-6-14-7-10)9-2-4-11(13)5-3-9/h2-5,8,10,12-13H,6-7H2,1H3. The highest BCUT2D eigenvalue weighted by Gasteiger charge is 2.20. The molecule has 1 heterocycles. The molecule has 1 atom stereocenters. The van der Waals surface area contributed by atoms with Crippen molar-refractivity contribution in [3.8, 4) is 5.75 Å². The molecule has 3 nitrogen and oxygen atoms in total. The maximum atomic E-state index is 9.14. The van der Waals surface area contributed by atoms with Crippen molar-refractivity contribution >= 4 is 0 Å². The third kappa shape index (κ3) is 2.05. The lowest BCUT2D eigenvalue weighted by molar-refractivity contribution is -0.00925. The maximum Gasteiger partial charge on any atom is 0.115 e. The number of phenolic OH excluding ortho intramolecular Hbond substituents is 1. The van der Waals surface area contributed by atoms with Crippen LogP contribution in [-0.4, -0.2) is 24.4 Å². The smallest absolute Gasteiger partial charge is 0.115 e. The molecule has 1 unspecified atom stereocenters. The first kappa shape index (κ1) is 9.49. The van der Waals surface area contributed by atoms with Gasteiger partial charge in [-0.15, -0.1) is 0 Å². The highest BCUT2D eigenvalue weighted by Crippen LogP contribution is 2.17. The van der Waals surface area contributed by atoms with Crippen molar-refractivity contribution < 1.29 is 9.84 Å². The van der Waals surface area contributed by atoms with Gasteiger partial charge in [-0.2, -0.15) is 0 Å². The van der Waals surface area contributed by atoms with Gasteiger partial charge in [0.25, 0.3) is 0 Å².